The van der Waals surface area contributed by atoms with Crippen LogP contribution in [0.5, 0.6) is 0 Å². The number of benzene rings is 8. The number of para-hydroxylation sites is 3. The lowest BCUT2D eigenvalue weighted by molar-refractivity contribution is 0.784. The van der Waals surface area contributed by atoms with Gasteiger partial charge >= 0.3 is 0 Å². The average molecular weight is 803 g/mol. The maximum Gasteiger partial charge on any atom is 0.0559 e. The fraction of sp³-hybridized carbons (Fsp3) is 0.103. The lowest BCUT2D eigenvalue weighted by Gasteiger charge is -2.34. The highest BCUT2D eigenvalue weighted by Gasteiger charge is 2.25. The highest BCUT2D eigenvalue weighted by atomic mass is 15.2. The maximum absolute atomic E-state index is 3.54. The van der Waals surface area contributed by atoms with Crippen molar-refractivity contribution in [1.29, 1.82) is 0 Å². The minimum Gasteiger partial charge on any atom is -0.356 e. The van der Waals surface area contributed by atoms with Crippen LogP contribution < -0.4 is 20.0 Å². The van der Waals surface area contributed by atoms with Gasteiger partial charge in [-0.2, -0.15) is 0 Å². The van der Waals surface area contributed by atoms with Gasteiger partial charge in [0.05, 0.1) is 6.04 Å². The predicted molar refractivity (Wildman–Crippen MR) is 266 cm³/mol. The maximum atomic E-state index is 3.54. The summed E-state index contributed by atoms with van der Waals surface area (Å²) < 4.78 is 0. The molecule has 0 heterocycles. The van der Waals surface area contributed by atoms with E-state index in [-0.39, 0.29) is 6.04 Å². The predicted octanol–water partition coefficient (Wildman–Crippen LogP) is 15.9. The molecule has 2 aliphatic rings. The largest absolute Gasteiger partial charge is 0.356 e. The summed E-state index contributed by atoms with van der Waals surface area (Å²) in [6, 6.07) is 64.1. The van der Waals surface area contributed by atoms with Crippen molar-refractivity contribution in [1.82, 2.24) is 0 Å². The van der Waals surface area contributed by atoms with Gasteiger partial charge in [-0.1, -0.05) is 103 Å². The molecule has 0 radical (unpaired) electrons. The summed E-state index contributed by atoms with van der Waals surface area (Å²) in [4.78, 5) is 7.25. The Morgan fingerprint density at radius 2 is 1.05 bits per heavy atom. The molecular formula is C58H50N4. The average Bonchev–Trinajstić information content (AvgIpc) is 3.33. The Kier molecular flexibility index (Phi) is 10.7. The Morgan fingerprint density at radius 1 is 0.516 bits per heavy atom. The second kappa shape index (κ2) is 17.2. The van der Waals surface area contributed by atoms with Crippen LogP contribution in [0.25, 0.3) is 21.5 Å². The standard InChI is InChI=1S/C58H50N4/c1-3-17-48(4-2)60(52-32-30-47(31-33-52)59-46-18-9-5-10-19-46)55-38-42-26-28-44-40-56(41-45-29-27-43(39-55)57(42)58(44)45)62(51-24-15-8-16-25-51)54-36-34-53(35-37-54)61(49-20-11-6-12-21-49)50-22-13-7-14-23-50/h3-24,26,28,30-41,51,59H,25,27,29H2,1-2H3. The Balaban J connectivity index is 1.03. The quantitative estimate of drug-likeness (QED) is 0.0981. The zero-order valence-corrected chi connectivity index (χ0v) is 35.3. The van der Waals surface area contributed by atoms with Crippen LogP contribution in [0.1, 0.15) is 31.4 Å². The molecule has 0 bridgehead atoms. The molecule has 1 unspecified atom stereocenters. The van der Waals surface area contributed by atoms with Gasteiger partial charge in [0.25, 0.3) is 0 Å². The fourth-order valence-corrected chi connectivity index (χ4v) is 9.36. The third-order valence-electron chi connectivity index (χ3n) is 12.1. The van der Waals surface area contributed by atoms with Crippen LogP contribution in [0.3, 0.4) is 0 Å². The van der Waals surface area contributed by atoms with E-state index < -0.39 is 0 Å². The highest BCUT2D eigenvalue weighted by molar-refractivity contribution is 6.13. The number of aryl methyl sites for hydroxylation is 2. The monoisotopic (exact) mass is 802 g/mol. The lowest BCUT2D eigenvalue weighted by Crippen LogP contribution is -2.30. The van der Waals surface area contributed by atoms with Gasteiger partial charge in [-0.25, -0.2) is 0 Å². The smallest absolute Gasteiger partial charge is 0.0559 e. The van der Waals surface area contributed by atoms with Crippen molar-refractivity contribution in [2.45, 2.75) is 39.2 Å². The van der Waals surface area contributed by atoms with Gasteiger partial charge in [-0.3, -0.25) is 0 Å². The van der Waals surface area contributed by atoms with E-state index in [0.717, 1.165) is 59.1 Å². The minimum absolute atomic E-state index is 0.198. The lowest BCUT2D eigenvalue weighted by atomic mass is 9.85. The molecule has 0 amide bonds. The van der Waals surface area contributed by atoms with E-state index in [1.807, 2.05) is 6.07 Å². The number of nitrogens with one attached hydrogen (secondary N) is 1. The zero-order valence-electron chi connectivity index (χ0n) is 35.3. The first kappa shape index (κ1) is 38.6. The molecule has 0 spiro atoms. The van der Waals surface area contributed by atoms with E-state index in [0.29, 0.717) is 0 Å². The molecule has 0 fully saturated rings. The molecule has 62 heavy (non-hydrogen) atoms. The molecule has 0 aromatic heterocycles. The van der Waals surface area contributed by atoms with E-state index in [1.54, 1.807) is 0 Å². The fourth-order valence-electron chi connectivity index (χ4n) is 9.36. The molecule has 0 saturated carbocycles. The molecular weight excluding hydrogens is 753 g/mol. The molecule has 8 aromatic carbocycles. The second-order valence-electron chi connectivity index (χ2n) is 16.1. The summed E-state index contributed by atoms with van der Waals surface area (Å²) in [5.41, 5.74) is 14.2. The molecule has 4 nitrogen and oxygen atoms in total. The SMILES string of the molecule is CC=CC(=CC)N(c1ccc(Nc2ccccc2)cc1)c1cc2c3c(ccc4cc(N(c5ccc(N(c6ccccc6)c6ccccc6)cc5)C5C=CC=CC5)cc(c43)CC2)c1. The van der Waals surface area contributed by atoms with Crippen molar-refractivity contribution in [2.75, 3.05) is 20.0 Å². The molecule has 2 aliphatic carbocycles. The molecule has 1 atom stereocenters. The van der Waals surface area contributed by atoms with Crippen LogP contribution in [0.2, 0.25) is 0 Å². The van der Waals surface area contributed by atoms with Crippen LogP contribution in [0.4, 0.5) is 51.2 Å². The number of hydrogen-bond acceptors (Lipinski definition) is 4. The summed E-state index contributed by atoms with van der Waals surface area (Å²) in [7, 11) is 0. The van der Waals surface area contributed by atoms with Crippen LogP contribution >= 0.6 is 0 Å². The van der Waals surface area contributed by atoms with E-state index >= 15 is 0 Å². The normalized spacial score (nSPS) is 14.5. The second-order valence-corrected chi connectivity index (χ2v) is 16.1. The summed E-state index contributed by atoms with van der Waals surface area (Å²) in [5.74, 6) is 0. The third-order valence-corrected chi connectivity index (χ3v) is 12.1. The third kappa shape index (κ3) is 7.56. The summed E-state index contributed by atoms with van der Waals surface area (Å²) in [6.07, 6.45) is 18.4. The first-order valence-electron chi connectivity index (χ1n) is 21.8. The van der Waals surface area contributed by atoms with Crippen molar-refractivity contribution in [2.24, 2.45) is 0 Å². The summed E-state index contributed by atoms with van der Waals surface area (Å²) in [6.45, 7) is 4.21. The van der Waals surface area contributed by atoms with Gasteiger partial charge in [-0.15, -0.1) is 0 Å². The van der Waals surface area contributed by atoms with E-state index in [4.69, 9.17) is 0 Å². The summed E-state index contributed by atoms with van der Waals surface area (Å²) >= 11 is 0. The van der Waals surface area contributed by atoms with Crippen LogP contribution in [-0.4, -0.2) is 6.04 Å². The highest BCUT2D eigenvalue weighted by Crippen LogP contribution is 2.44. The minimum atomic E-state index is 0.198. The topological polar surface area (TPSA) is 21.8 Å². The Labute approximate surface area is 365 Å². The van der Waals surface area contributed by atoms with Crippen molar-refractivity contribution in [3.05, 3.63) is 235 Å². The van der Waals surface area contributed by atoms with Crippen molar-refractivity contribution in [3.8, 4) is 0 Å². The van der Waals surface area contributed by atoms with Crippen LogP contribution in [0, 0.1) is 0 Å². The molecule has 1 N–H and O–H groups in total. The van der Waals surface area contributed by atoms with E-state index in [9.17, 15) is 0 Å². The van der Waals surface area contributed by atoms with E-state index in [1.165, 1.54) is 49.7 Å². The molecule has 302 valence electrons. The number of allylic oxidation sites excluding steroid dienone is 5. The van der Waals surface area contributed by atoms with Crippen molar-refractivity contribution < 1.29 is 0 Å². The Bertz CT molecular complexity index is 2930. The van der Waals surface area contributed by atoms with Gasteiger partial charge in [0.2, 0.25) is 0 Å². The van der Waals surface area contributed by atoms with Gasteiger partial charge in [0, 0.05) is 56.9 Å². The van der Waals surface area contributed by atoms with Crippen molar-refractivity contribution in [3.63, 3.8) is 0 Å². The van der Waals surface area contributed by atoms with Gasteiger partial charge in [0.15, 0.2) is 0 Å². The zero-order chi connectivity index (χ0) is 41.8. The van der Waals surface area contributed by atoms with Gasteiger partial charge < -0.3 is 20.0 Å². The molecule has 0 saturated heterocycles. The first-order chi connectivity index (χ1) is 30.6. The molecule has 8 aromatic rings. The van der Waals surface area contributed by atoms with Gasteiger partial charge in [-0.05, 0) is 181 Å². The number of hydrogen-bond donors (Lipinski definition) is 1. The van der Waals surface area contributed by atoms with E-state index in [2.05, 4.69) is 246 Å². The molecule has 4 heteroatoms. The van der Waals surface area contributed by atoms with Crippen LogP contribution in [0.15, 0.2) is 224 Å². The number of anilines is 9. The Hall–Kier alpha value is -7.56. The Morgan fingerprint density at radius 3 is 1.63 bits per heavy atom. The molecule has 0 aliphatic heterocycles. The van der Waals surface area contributed by atoms with Gasteiger partial charge in [0.1, 0.15) is 0 Å². The summed E-state index contributed by atoms with van der Waals surface area (Å²) in [5, 5.41) is 8.87. The van der Waals surface area contributed by atoms with Crippen LogP contribution in [-0.2, 0) is 12.8 Å². The number of rotatable bonds is 12. The first-order valence-corrected chi connectivity index (χ1v) is 21.8. The number of nitrogens with zero attached hydrogens (tertiary/aromatic N) is 3. The molecule has 10 rings (SSSR count). The van der Waals surface area contributed by atoms with Crippen molar-refractivity contribution >= 4 is 72.7 Å².